The van der Waals surface area contributed by atoms with Crippen LogP contribution in [0.25, 0.3) is 10.9 Å². The molecule has 0 saturated carbocycles. The van der Waals surface area contributed by atoms with Gasteiger partial charge in [-0.15, -0.1) is 0 Å². The van der Waals surface area contributed by atoms with E-state index < -0.39 is 0 Å². The molecule has 25 heavy (non-hydrogen) atoms. The first-order valence-corrected chi connectivity index (χ1v) is 8.98. The molecule has 0 bridgehead atoms. The van der Waals surface area contributed by atoms with Gasteiger partial charge in [-0.05, 0) is 35.7 Å². The lowest BCUT2D eigenvalue weighted by molar-refractivity contribution is 0.306. The molecule has 4 heteroatoms. The monoisotopic (exact) mass is 335 g/mol. The highest BCUT2D eigenvalue weighted by Gasteiger charge is 2.16. The van der Waals surface area contributed by atoms with Gasteiger partial charge in [0.15, 0.2) is 0 Å². The van der Waals surface area contributed by atoms with Crippen LogP contribution in [0.5, 0.6) is 5.75 Å². The van der Waals surface area contributed by atoms with Crippen LogP contribution >= 0.6 is 0 Å². The minimum Gasteiger partial charge on any atom is -0.489 e. The van der Waals surface area contributed by atoms with Crippen LogP contribution in [0.4, 0.5) is 0 Å². The van der Waals surface area contributed by atoms with E-state index >= 15 is 0 Å². The summed E-state index contributed by atoms with van der Waals surface area (Å²) in [5.41, 5.74) is 3.82. The zero-order chi connectivity index (χ0) is 17.1. The molecule has 1 saturated heterocycles. The van der Waals surface area contributed by atoms with Gasteiger partial charge in [0, 0.05) is 49.8 Å². The van der Waals surface area contributed by atoms with E-state index in [9.17, 15) is 0 Å². The number of nitrogens with one attached hydrogen (secondary N) is 2. The maximum atomic E-state index is 6.02. The molecule has 2 heterocycles. The van der Waals surface area contributed by atoms with Crippen molar-refractivity contribution in [3.05, 3.63) is 65.9 Å². The molecule has 2 N–H and O–H groups in total. The number of piperazine rings is 1. The second kappa shape index (κ2) is 7.30. The van der Waals surface area contributed by atoms with Crippen molar-refractivity contribution in [1.29, 1.82) is 0 Å². The zero-order valence-corrected chi connectivity index (χ0v) is 14.7. The molecule has 1 unspecified atom stereocenters. The van der Waals surface area contributed by atoms with Crippen molar-refractivity contribution < 1.29 is 4.74 Å². The van der Waals surface area contributed by atoms with E-state index in [4.69, 9.17) is 4.74 Å². The van der Waals surface area contributed by atoms with E-state index in [1.807, 2.05) is 18.2 Å². The van der Waals surface area contributed by atoms with Crippen LogP contribution in [0, 0.1) is 0 Å². The highest BCUT2D eigenvalue weighted by Crippen LogP contribution is 2.27. The van der Waals surface area contributed by atoms with Gasteiger partial charge < -0.3 is 19.9 Å². The molecule has 130 valence electrons. The minimum absolute atomic E-state index is 0.494. The van der Waals surface area contributed by atoms with E-state index in [2.05, 4.69) is 58.8 Å². The molecule has 1 aromatic heterocycles. The normalized spacial score (nSPS) is 17.7. The summed E-state index contributed by atoms with van der Waals surface area (Å²) in [6.07, 6.45) is 3.29. The Labute approximate surface area is 148 Å². The molecule has 3 aromatic rings. The summed E-state index contributed by atoms with van der Waals surface area (Å²) < 4.78 is 8.23. The lowest BCUT2D eigenvalue weighted by Gasteiger charge is -2.24. The fraction of sp³-hybridized carbons (Fsp3) is 0.333. The maximum Gasteiger partial charge on any atom is 0.120 e. The van der Waals surface area contributed by atoms with E-state index in [1.165, 1.54) is 22.0 Å². The van der Waals surface area contributed by atoms with E-state index in [0.29, 0.717) is 12.6 Å². The summed E-state index contributed by atoms with van der Waals surface area (Å²) in [5.74, 6) is 0.929. The molecule has 1 aliphatic heterocycles. The number of aryl methyl sites for hydroxylation is 1. The third-order valence-electron chi connectivity index (χ3n) is 4.88. The van der Waals surface area contributed by atoms with Gasteiger partial charge in [-0.1, -0.05) is 30.3 Å². The number of fused-ring (bicyclic) bond motifs is 1. The summed E-state index contributed by atoms with van der Waals surface area (Å²) in [4.78, 5) is 0. The predicted molar refractivity (Wildman–Crippen MR) is 102 cm³/mol. The van der Waals surface area contributed by atoms with Gasteiger partial charge in [0.2, 0.25) is 0 Å². The summed E-state index contributed by atoms with van der Waals surface area (Å²) in [6, 6.07) is 17.2. The summed E-state index contributed by atoms with van der Waals surface area (Å²) >= 11 is 0. The van der Waals surface area contributed by atoms with E-state index in [-0.39, 0.29) is 0 Å². The minimum atomic E-state index is 0.494. The van der Waals surface area contributed by atoms with Gasteiger partial charge in [0.1, 0.15) is 12.4 Å². The molecule has 0 spiro atoms. The van der Waals surface area contributed by atoms with Crippen LogP contribution in [0.1, 0.15) is 11.1 Å². The number of ether oxygens (including phenoxy) is 1. The Morgan fingerprint density at radius 3 is 2.80 bits per heavy atom. The van der Waals surface area contributed by atoms with Crippen molar-refractivity contribution in [2.75, 3.05) is 19.6 Å². The van der Waals surface area contributed by atoms with Crippen LogP contribution in [0.15, 0.2) is 54.7 Å². The number of hydrogen-bond acceptors (Lipinski definition) is 3. The Bertz CT molecular complexity index is 835. The van der Waals surface area contributed by atoms with Gasteiger partial charge >= 0.3 is 0 Å². The molecule has 4 rings (SSSR count). The largest absolute Gasteiger partial charge is 0.489 e. The quantitative estimate of drug-likeness (QED) is 0.753. The Morgan fingerprint density at radius 1 is 1.12 bits per heavy atom. The van der Waals surface area contributed by atoms with Crippen LogP contribution in [-0.2, 0) is 20.1 Å². The number of aromatic nitrogens is 1. The molecule has 0 aliphatic carbocycles. The van der Waals surface area contributed by atoms with Gasteiger partial charge in [0.05, 0.1) is 0 Å². The lowest BCUT2D eigenvalue weighted by Crippen LogP contribution is -2.49. The smallest absolute Gasteiger partial charge is 0.120 e. The fourth-order valence-corrected chi connectivity index (χ4v) is 3.57. The molecular weight excluding hydrogens is 310 g/mol. The molecule has 1 atom stereocenters. The van der Waals surface area contributed by atoms with Gasteiger partial charge in [-0.3, -0.25) is 0 Å². The van der Waals surface area contributed by atoms with Crippen LogP contribution in [0.2, 0.25) is 0 Å². The van der Waals surface area contributed by atoms with Crippen molar-refractivity contribution in [3.8, 4) is 5.75 Å². The standard InChI is InChI=1S/C21H25N3O/c1-24-14-17(11-18-13-22-9-10-23-18)20-12-19(7-8-21(20)24)25-15-16-5-3-2-4-6-16/h2-8,12,14,18,22-23H,9-11,13,15H2,1H3. The van der Waals surface area contributed by atoms with Gasteiger partial charge in [0.25, 0.3) is 0 Å². The van der Waals surface area contributed by atoms with Crippen LogP contribution in [-0.4, -0.2) is 30.2 Å². The first-order chi connectivity index (χ1) is 12.3. The van der Waals surface area contributed by atoms with Gasteiger partial charge in [-0.2, -0.15) is 0 Å². The SMILES string of the molecule is Cn1cc(CC2CNCCN2)c2cc(OCc3ccccc3)ccc21. The average molecular weight is 335 g/mol. The molecular formula is C21H25N3O. The van der Waals surface area contributed by atoms with Crippen molar-refractivity contribution in [2.45, 2.75) is 19.1 Å². The highest BCUT2D eigenvalue weighted by atomic mass is 16.5. The third kappa shape index (κ3) is 3.70. The molecule has 0 radical (unpaired) electrons. The summed E-state index contributed by atoms with van der Waals surface area (Å²) in [7, 11) is 2.11. The van der Waals surface area contributed by atoms with E-state index in [0.717, 1.165) is 31.8 Å². The molecule has 4 nitrogen and oxygen atoms in total. The first-order valence-electron chi connectivity index (χ1n) is 8.98. The zero-order valence-electron chi connectivity index (χ0n) is 14.7. The Morgan fingerprint density at radius 2 is 2.00 bits per heavy atom. The van der Waals surface area contributed by atoms with Crippen molar-refractivity contribution >= 4 is 10.9 Å². The van der Waals surface area contributed by atoms with Crippen LogP contribution < -0.4 is 15.4 Å². The lowest BCUT2D eigenvalue weighted by atomic mass is 10.0. The summed E-state index contributed by atoms with van der Waals surface area (Å²) in [5, 5.41) is 8.36. The second-order valence-corrected chi connectivity index (χ2v) is 6.78. The van der Waals surface area contributed by atoms with Crippen molar-refractivity contribution in [2.24, 2.45) is 7.05 Å². The number of rotatable bonds is 5. The second-order valence-electron chi connectivity index (χ2n) is 6.78. The number of nitrogens with zero attached hydrogens (tertiary/aromatic N) is 1. The Kier molecular flexibility index (Phi) is 4.72. The molecule has 2 aromatic carbocycles. The Hall–Kier alpha value is -2.30. The third-order valence-corrected chi connectivity index (χ3v) is 4.88. The maximum absolute atomic E-state index is 6.02. The molecule has 0 amide bonds. The van der Waals surface area contributed by atoms with Crippen LogP contribution in [0.3, 0.4) is 0 Å². The Balaban J connectivity index is 1.54. The van der Waals surface area contributed by atoms with E-state index in [1.54, 1.807) is 0 Å². The predicted octanol–water partition coefficient (Wildman–Crippen LogP) is 2.86. The number of hydrogen-bond donors (Lipinski definition) is 2. The van der Waals surface area contributed by atoms with Crippen molar-refractivity contribution in [1.82, 2.24) is 15.2 Å². The fourth-order valence-electron chi connectivity index (χ4n) is 3.57. The van der Waals surface area contributed by atoms with Gasteiger partial charge in [-0.25, -0.2) is 0 Å². The molecule has 1 fully saturated rings. The molecule has 1 aliphatic rings. The first kappa shape index (κ1) is 16.2. The topological polar surface area (TPSA) is 38.2 Å². The number of benzene rings is 2. The summed E-state index contributed by atoms with van der Waals surface area (Å²) in [6.45, 7) is 3.73. The van der Waals surface area contributed by atoms with Crippen molar-refractivity contribution in [3.63, 3.8) is 0 Å². The average Bonchev–Trinajstić information content (AvgIpc) is 2.97. The highest BCUT2D eigenvalue weighted by molar-refractivity contribution is 5.85.